The van der Waals surface area contributed by atoms with E-state index in [-0.39, 0.29) is 29.5 Å². The fourth-order valence-corrected chi connectivity index (χ4v) is 4.24. The van der Waals surface area contributed by atoms with Crippen LogP contribution in [0.3, 0.4) is 0 Å². The number of anilines is 5. The largest absolute Gasteiger partial charge is 0.325 e. The summed E-state index contributed by atoms with van der Waals surface area (Å²) in [5.41, 5.74) is 2.71. The van der Waals surface area contributed by atoms with Gasteiger partial charge < -0.3 is 10.6 Å². The van der Waals surface area contributed by atoms with Crippen molar-refractivity contribution >= 4 is 44.8 Å². The molecule has 184 valence electrons. The van der Waals surface area contributed by atoms with E-state index in [9.17, 15) is 26.4 Å². The number of hydrogen-bond acceptors (Lipinski definition) is 7. The number of amides is 1. The second-order valence-electron chi connectivity index (χ2n) is 7.99. The number of alkyl halides is 2. The lowest BCUT2D eigenvalue weighted by Gasteiger charge is -2.25. The monoisotopic (exact) mass is 506 g/mol. The molecule has 0 atom stereocenters. The number of aromatic nitrogens is 2. The molecule has 9 nitrogen and oxygen atoms in total. The molecule has 0 aliphatic carbocycles. The molecule has 0 fully saturated rings. The molecule has 3 N–H and O–H groups in total. The van der Waals surface area contributed by atoms with E-state index in [1.54, 1.807) is 31.2 Å². The Morgan fingerprint density at radius 2 is 1.97 bits per heavy atom. The van der Waals surface area contributed by atoms with Crippen molar-refractivity contribution in [3.63, 3.8) is 0 Å². The second kappa shape index (κ2) is 9.41. The average Bonchev–Trinajstić information content (AvgIpc) is 3.15. The maximum Gasteiger partial charge on any atom is 0.316 e. The third-order valence-corrected chi connectivity index (χ3v) is 5.76. The maximum absolute atomic E-state index is 14.6. The minimum atomic E-state index is -3.69. The first-order valence-electron chi connectivity index (χ1n) is 10.3. The van der Waals surface area contributed by atoms with Gasteiger partial charge in [-0.3, -0.25) is 14.4 Å². The molecule has 1 amide bonds. The van der Waals surface area contributed by atoms with Crippen LogP contribution in [0.2, 0.25) is 0 Å². The van der Waals surface area contributed by atoms with Crippen molar-refractivity contribution in [3.8, 4) is 0 Å². The van der Waals surface area contributed by atoms with E-state index in [4.69, 9.17) is 0 Å². The fourth-order valence-electron chi connectivity index (χ4n) is 3.65. The smallest absolute Gasteiger partial charge is 0.316 e. The van der Waals surface area contributed by atoms with Crippen molar-refractivity contribution < 1.29 is 26.4 Å². The fraction of sp³-hybridized carbons (Fsp3) is 0.227. The van der Waals surface area contributed by atoms with Crippen LogP contribution in [0.15, 0.2) is 42.6 Å². The Bertz CT molecular complexity index is 1400. The number of sulfonamides is 1. The summed E-state index contributed by atoms with van der Waals surface area (Å²) in [6.07, 6.45) is 1.81. The first-order chi connectivity index (χ1) is 16.5. The summed E-state index contributed by atoms with van der Waals surface area (Å²) >= 11 is 0. The molecular weight excluding hydrogens is 485 g/mol. The molecule has 3 aromatic rings. The quantitative estimate of drug-likeness (QED) is 0.399. The zero-order valence-corrected chi connectivity index (χ0v) is 19.5. The molecule has 2 aromatic carbocycles. The van der Waals surface area contributed by atoms with Gasteiger partial charge in [0.05, 0.1) is 31.1 Å². The van der Waals surface area contributed by atoms with E-state index in [0.29, 0.717) is 27.4 Å². The third kappa shape index (κ3) is 5.62. The van der Waals surface area contributed by atoms with E-state index in [1.165, 1.54) is 12.1 Å². The molecule has 0 radical (unpaired) electrons. The topological polar surface area (TPSA) is 116 Å². The molecule has 2 heterocycles. The van der Waals surface area contributed by atoms with Crippen LogP contribution >= 0.6 is 0 Å². The van der Waals surface area contributed by atoms with Gasteiger partial charge in [-0.05, 0) is 36.2 Å². The van der Waals surface area contributed by atoms with Crippen LogP contribution in [0.1, 0.15) is 16.7 Å². The third-order valence-electron chi connectivity index (χ3n) is 5.17. The number of aryl methyl sites for hydroxylation is 1. The number of halogens is 3. The number of carbonyl (C=O) groups is 1. The van der Waals surface area contributed by atoms with Gasteiger partial charge in [0.2, 0.25) is 21.9 Å². The van der Waals surface area contributed by atoms with E-state index < -0.39 is 34.8 Å². The summed E-state index contributed by atoms with van der Waals surface area (Å²) in [5, 5.41) is 5.55. The van der Waals surface area contributed by atoms with E-state index in [1.807, 2.05) is 0 Å². The second-order valence-corrected chi connectivity index (χ2v) is 9.74. The summed E-state index contributed by atoms with van der Waals surface area (Å²) in [6, 6.07) is 9.65. The maximum atomic E-state index is 14.6. The van der Waals surface area contributed by atoms with Crippen molar-refractivity contribution in [2.45, 2.75) is 26.4 Å². The van der Waals surface area contributed by atoms with Crippen molar-refractivity contribution in [2.75, 3.05) is 26.5 Å². The summed E-state index contributed by atoms with van der Waals surface area (Å²) in [6.45, 7) is -1.99. The molecule has 0 spiro atoms. The molecule has 13 heteroatoms. The van der Waals surface area contributed by atoms with Crippen molar-refractivity contribution in [3.05, 3.63) is 65.1 Å². The number of rotatable bonds is 8. The van der Waals surface area contributed by atoms with Crippen LogP contribution in [-0.4, -0.2) is 37.1 Å². The Morgan fingerprint density at radius 1 is 1.20 bits per heavy atom. The molecule has 0 bridgehead atoms. The van der Waals surface area contributed by atoms with Gasteiger partial charge in [0.15, 0.2) is 11.6 Å². The molecule has 1 aromatic heterocycles. The SMILES string of the molecule is Cc1ccc(CN(c2nc(Nc3cccc4c3CC(=O)N4)ncc2F)C(F)F)c(NS(C)(=O)=O)c1. The Kier molecular flexibility index (Phi) is 6.52. The highest BCUT2D eigenvalue weighted by Gasteiger charge is 2.26. The molecule has 0 unspecified atom stereocenters. The standard InChI is InChI=1S/C22H21F3N6O3S/c1-12-6-7-13(18(8-12)30-35(2,33)34)11-31(21(24)25)20-15(23)10-26-22(29-20)28-17-5-3-4-16-14(17)9-19(32)27-16/h3-8,10,21,30H,9,11H2,1-2H3,(H,27,32)(H,26,28,29). The summed E-state index contributed by atoms with van der Waals surface area (Å²) < 4.78 is 68.6. The Hall–Kier alpha value is -3.87. The molecular formula is C22H21F3N6O3S. The van der Waals surface area contributed by atoms with E-state index in [0.717, 1.165) is 12.5 Å². The van der Waals surface area contributed by atoms with Crippen LogP contribution in [0.5, 0.6) is 0 Å². The van der Waals surface area contributed by atoms with E-state index in [2.05, 4.69) is 25.3 Å². The molecule has 4 rings (SSSR count). The molecule has 0 saturated carbocycles. The van der Waals surface area contributed by atoms with Gasteiger partial charge >= 0.3 is 6.55 Å². The predicted octanol–water partition coefficient (Wildman–Crippen LogP) is 3.76. The van der Waals surface area contributed by atoms with Gasteiger partial charge in [0.1, 0.15) is 0 Å². The van der Waals surface area contributed by atoms with Gasteiger partial charge in [0, 0.05) is 16.9 Å². The summed E-state index contributed by atoms with van der Waals surface area (Å²) in [7, 11) is -3.69. The van der Waals surface area contributed by atoms with Crippen molar-refractivity contribution in [2.24, 2.45) is 0 Å². The number of hydrogen-bond donors (Lipinski definition) is 3. The Balaban J connectivity index is 1.67. The van der Waals surface area contributed by atoms with Crippen LogP contribution in [0.25, 0.3) is 0 Å². The Morgan fingerprint density at radius 3 is 2.69 bits per heavy atom. The average molecular weight is 507 g/mol. The van der Waals surface area contributed by atoms with Crippen LogP contribution < -0.4 is 20.3 Å². The molecule has 0 saturated heterocycles. The lowest BCUT2D eigenvalue weighted by molar-refractivity contribution is -0.115. The first kappa shape index (κ1) is 24.3. The lowest BCUT2D eigenvalue weighted by Crippen LogP contribution is -2.31. The number of nitrogens with zero attached hydrogens (tertiary/aromatic N) is 3. The van der Waals surface area contributed by atoms with Crippen LogP contribution in [0, 0.1) is 12.7 Å². The number of nitrogens with one attached hydrogen (secondary N) is 3. The van der Waals surface area contributed by atoms with Crippen LogP contribution in [-0.2, 0) is 27.8 Å². The minimum Gasteiger partial charge on any atom is -0.325 e. The highest BCUT2D eigenvalue weighted by Crippen LogP contribution is 2.32. The normalized spacial score (nSPS) is 12.9. The summed E-state index contributed by atoms with van der Waals surface area (Å²) in [4.78, 5) is 19.9. The van der Waals surface area contributed by atoms with Gasteiger partial charge in [-0.1, -0.05) is 18.2 Å². The molecule has 35 heavy (non-hydrogen) atoms. The molecule has 1 aliphatic rings. The minimum absolute atomic E-state index is 0.1000. The van der Waals surface area contributed by atoms with E-state index >= 15 is 0 Å². The number of carbonyl (C=O) groups excluding carboxylic acids is 1. The molecule has 1 aliphatic heterocycles. The zero-order chi connectivity index (χ0) is 25.3. The van der Waals surface area contributed by atoms with Crippen molar-refractivity contribution in [1.29, 1.82) is 0 Å². The highest BCUT2D eigenvalue weighted by molar-refractivity contribution is 7.92. The van der Waals surface area contributed by atoms with Crippen molar-refractivity contribution in [1.82, 2.24) is 9.97 Å². The number of benzene rings is 2. The van der Waals surface area contributed by atoms with Crippen LogP contribution in [0.4, 0.5) is 42.0 Å². The first-order valence-corrected chi connectivity index (χ1v) is 12.2. The van der Waals surface area contributed by atoms with Gasteiger partial charge in [-0.2, -0.15) is 13.8 Å². The predicted molar refractivity (Wildman–Crippen MR) is 126 cm³/mol. The highest BCUT2D eigenvalue weighted by atomic mass is 32.2. The van der Waals surface area contributed by atoms with Gasteiger partial charge in [0.25, 0.3) is 0 Å². The zero-order valence-electron chi connectivity index (χ0n) is 18.6. The van der Waals surface area contributed by atoms with Gasteiger partial charge in [-0.15, -0.1) is 0 Å². The Labute approximate surface area is 199 Å². The summed E-state index contributed by atoms with van der Waals surface area (Å²) in [5.74, 6) is -2.12. The van der Waals surface area contributed by atoms with Gasteiger partial charge in [-0.25, -0.2) is 17.8 Å². The lowest BCUT2D eigenvalue weighted by atomic mass is 10.1. The number of fused-ring (bicyclic) bond motifs is 1.